The van der Waals surface area contributed by atoms with Crippen LogP contribution in [-0.4, -0.2) is 71.9 Å². The molecule has 1 fully saturated rings. The molecular weight excluding hydrogens is 478 g/mol. The van der Waals surface area contributed by atoms with Gasteiger partial charge in [0.2, 0.25) is 16.0 Å². The lowest BCUT2D eigenvalue weighted by Crippen LogP contribution is -2.49. The van der Waals surface area contributed by atoms with Gasteiger partial charge >= 0.3 is 0 Å². The van der Waals surface area contributed by atoms with E-state index in [1.807, 2.05) is 35.0 Å². The summed E-state index contributed by atoms with van der Waals surface area (Å²) < 4.78 is 27.3. The van der Waals surface area contributed by atoms with Crippen molar-refractivity contribution in [2.45, 2.75) is 19.5 Å². The molecule has 5 rings (SSSR count). The molecule has 0 radical (unpaired) electrons. The van der Waals surface area contributed by atoms with E-state index in [9.17, 15) is 8.42 Å². The Morgan fingerprint density at radius 2 is 2.03 bits per heavy atom. The molecule has 0 bridgehead atoms. The maximum atomic E-state index is 12.1. The molecule has 0 saturated carbocycles. The molecule has 2 N–H and O–H groups in total. The molecule has 4 aromatic rings. The lowest BCUT2D eigenvalue weighted by atomic mass is 10.2. The zero-order valence-corrected chi connectivity index (χ0v) is 21.3. The van der Waals surface area contributed by atoms with Gasteiger partial charge in [-0.15, -0.1) is 0 Å². The molecule has 1 saturated heterocycles. The second kappa shape index (κ2) is 9.70. The van der Waals surface area contributed by atoms with E-state index in [2.05, 4.69) is 37.4 Å². The van der Waals surface area contributed by atoms with E-state index in [0.717, 1.165) is 54.0 Å². The number of anilines is 4. The van der Waals surface area contributed by atoms with E-state index in [4.69, 9.17) is 4.98 Å². The minimum Gasteiger partial charge on any atom is -0.354 e. The van der Waals surface area contributed by atoms with Crippen LogP contribution in [0.1, 0.15) is 12.5 Å². The van der Waals surface area contributed by atoms with E-state index >= 15 is 0 Å². The first-order chi connectivity index (χ1) is 17.3. The predicted octanol–water partition coefficient (Wildman–Crippen LogP) is 2.21. The van der Waals surface area contributed by atoms with Gasteiger partial charge in [-0.25, -0.2) is 23.4 Å². The summed E-state index contributed by atoms with van der Waals surface area (Å²) >= 11 is 0. The molecule has 4 aromatic heterocycles. The maximum Gasteiger partial charge on any atom is 0.233 e. The van der Waals surface area contributed by atoms with Crippen molar-refractivity contribution < 1.29 is 8.42 Å². The quantitative estimate of drug-likeness (QED) is 0.388. The van der Waals surface area contributed by atoms with Gasteiger partial charge in [-0.3, -0.25) is 4.31 Å². The second-order valence-electron chi connectivity index (χ2n) is 8.96. The first-order valence-electron chi connectivity index (χ1n) is 11.7. The normalized spacial score (nSPS) is 16.3. The topological polar surface area (TPSA) is 121 Å². The third-order valence-electron chi connectivity index (χ3n) is 6.20. The number of hydrogen-bond donors (Lipinski definition) is 2. The minimum absolute atomic E-state index is 0.388. The first kappa shape index (κ1) is 23.9. The van der Waals surface area contributed by atoms with Crippen LogP contribution in [0.4, 0.5) is 23.3 Å². The molecule has 0 aliphatic carbocycles. The van der Waals surface area contributed by atoms with E-state index in [-0.39, 0.29) is 0 Å². The van der Waals surface area contributed by atoms with Crippen LogP contribution in [-0.2, 0) is 16.6 Å². The molecule has 36 heavy (non-hydrogen) atoms. The van der Waals surface area contributed by atoms with Crippen LogP contribution in [0.25, 0.3) is 11.0 Å². The Morgan fingerprint density at radius 1 is 1.17 bits per heavy atom. The lowest BCUT2D eigenvalue weighted by molar-refractivity contribution is 0.482. The summed E-state index contributed by atoms with van der Waals surface area (Å²) in [4.78, 5) is 20.3. The van der Waals surface area contributed by atoms with Gasteiger partial charge in [-0.05, 0) is 31.2 Å². The van der Waals surface area contributed by atoms with Crippen LogP contribution < -0.4 is 19.8 Å². The average Bonchev–Trinajstić information content (AvgIpc) is 3.26. The van der Waals surface area contributed by atoms with E-state index in [1.165, 1.54) is 11.4 Å². The molecule has 1 aliphatic heterocycles. The van der Waals surface area contributed by atoms with Gasteiger partial charge in [0.1, 0.15) is 17.3 Å². The third kappa shape index (κ3) is 5.09. The Labute approximate surface area is 210 Å². The molecular formula is C24H29N9O2S. The standard InChI is InChI=1S/C24H29N9O2S/c1-17-15-32(12-10-25-17)21-7-6-20(14-27-21)29-24-28-13-18-8-11-33(23(18)30-24)16-19-5-4-9-26-22(19)31(2)36(3,34)35/h4-9,11,13-14,17,25H,10,12,15-16H2,1-3H3,(H,28,29,30)/t17-/m1/s1. The lowest BCUT2D eigenvalue weighted by Gasteiger charge is -2.32. The summed E-state index contributed by atoms with van der Waals surface area (Å²) in [5.74, 6) is 1.79. The van der Waals surface area contributed by atoms with Crippen LogP contribution in [0.5, 0.6) is 0 Å². The van der Waals surface area contributed by atoms with Gasteiger partial charge in [0.05, 0.1) is 24.7 Å². The summed E-state index contributed by atoms with van der Waals surface area (Å²) in [7, 11) is -1.94. The largest absolute Gasteiger partial charge is 0.354 e. The molecule has 12 heteroatoms. The van der Waals surface area contributed by atoms with Gasteiger partial charge in [-0.2, -0.15) is 4.98 Å². The highest BCUT2D eigenvalue weighted by atomic mass is 32.2. The zero-order valence-electron chi connectivity index (χ0n) is 20.5. The van der Waals surface area contributed by atoms with Crippen molar-refractivity contribution in [3.63, 3.8) is 0 Å². The van der Waals surface area contributed by atoms with Gasteiger partial charge < -0.3 is 20.1 Å². The van der Waals surface area contributed by atoms with Crippen molar-refractivity contribution >= 4 is 44.3 Å². The highest BCUT2D eigenvalue weighted by Crippen LogP contribution is 2.23. The number of pyridine rings is 2. The fourth-order valence-electron chi connectivity index (χ4n) is 4.25. The Bertz CT molecular complexity index is 1470. The van der Waals surface area contributed by atoms with Crippen molar-refractivity contribution in [3.05, 3.63) is 60.7 Å². The highest BCUT2D eigenvalue weighted by molar-refractivity contribution is 7.92. The summed E-state index contributed by atoms with van der Waals surface area (Å²) in [6.45, 7) is 5.38. The number of nitrogens with zero attached hydrogens (tertiary/aromatic N) is 7. The molecule has 0 unspecified atom stereocenters. The molecule has 1 atom stereocenters. The Morgan fingerprint density at radius 3 is 2.78 bits per heavy atom. The molecule has 11 nitrogen and oxygen atoms in total. The minimum atomic E-state index is -3.44. The predicted molar refractivity (Wildman–Crippen MR) is 141 cm³/mol. The van der Waals surface area contributed by atoms with Gasteiger partial charge in [-0.1, -0.05) is 6.07 Å². The fourth-order valence-corrected chi connectivity index (χ4v) is 4.73. The van der Waals surface area contributed by atoms with Crippen LogP contribution in [0.15, 0.2) is 55.1 Å². The SMILES string of the molecule is C[C@@H]1CN(c2ccc(Nc3ncc4ccn(Cc5cccnc5N(C)S(C)(=O)=O)c4n3)cn2)CCN1. The van der Waals surface area contributed by atoms with E-state index in [0.29, 0.717) is 24.4 Å². The second-order valence-corrected chi connectivity index (χ2v) is 11.0. The van der Waals surface area contributed by atoms with Crippen LogP contribution in [0, 0.1) is 0 Å². The zero-order chi connectivity index (χ0) is 25.3. The third-order valence-corrected chi connectivity index (χ3v) is 7.37. The molecule has 0 spiro atoms. The molecule has 188 valence electrons. The fraction of sp³-hybridized carbons (Fsp3) is 0.333. The summed E-state index contributed by atoms with van der Waals surface area (Å²) in [5, 5.41) is 7.55. The Hall–Kier alpha value is -3.77. The Kier molecular flexibility index (Phi) is 6.46. The van der Waals surface area contributed by atoms with Crippen LogP contribution in [0.2, 0.25) is 0 Å². The first-order valence-corrected chi connectivity index (χ1v) is 13.5. The monoisotopic (exact) mass is 507 g/mol. The maximum absolute atomic E-state index is 12.1. The number of rotatable bonds is 7. The van der Waals surface area contributed by atoms with Crippen LogP contribution in [0.3, 0.4) is 0 Å². The van der Waals surface area contributed by atoms with Crippen molar-refractivity contribution in [3.8, 4) is 0 Å². The highest BCUT2D eigenvalue weighted by Gasteiger charge is 2.19. The average molecular weight is 508 g/mol. The summed E-state index contributed by atoms with van der Waals surface area (Å²) in [6, 6.07) is 10.0. The smallest absolute Gasteiger partial charge is 0.233 e. The van der Waals surface area contributed by atoms with Crippen molar-refractivity contribution in [1.29, 1.82) is 0 Å². The number of fused-ring (bicyclic) bond motifs is 1. The number of piperazine rings is 1. The summed E-state index contributed by atoms with van der Waals surface area (Å²) in [5.41, 5.74) is 2.28. The van der Waals surface area contributed by atoms with Gasteiger partial charge in [0.15, 0.2) is 0 Å². The van der Waals surface area contributed by atoms with Crippen LogP contribution >= 0.6 is 0 Å². The molecule has 0 aromatic carbocycles. The Balaban J connectivity index is 1.36. The number of sulfonamides is 1. The van der Waals surface area contributed by atoms with Gasteiger partial charge in [0.25, 0.3) is 0 Å². The number of aromatic nitrogens is 5. The van der Waals surface area contributed by atoms with E-state index < -0.39 is 10.0 Å². The van der Waals surface area contributed by atoms with E-state index in [1.54, 1.807) is 24.7 Å². The van der Waals surface area contributed by atoms with Gasteiger partial charge in [0, 0.05) is 62.3 Å². The van der Waals surface area contributed by atoms with Crippen molar-refractivity contribution in [1.82, 2.24) is 29.8 Å². The molecule has 1 aliphatic rings. The van der Waals surface area contributed by atoms with Crippen molar-refractivity contribution in [2.75, 3.05) is 47.5 Å². The number of nitrogens with one attached hydrogen (secondary N) is 2. The molecule has 0 amide bonds. The number of hydrogen-bond acceptors (Lipinski definition) is 9. The summed E-state index contributed by atoms with van der Waals surface area (Å²) in [6.07, 6.45) is 8.20. The van der Waals surface area contributed by atoms with Crippen molar-refractivity contribution in [2.24, 2.45) is 0 Å². The molecule has 5 heterocycles.